The van der Waals surface area contributed by atoms with Gasteiger partial charge in [-0.1, -0.05) is 24.3 Å². The highest BCUT2D eigenvalue weighted by Gasteiger charge is 2.17. The van der Waals surface area contributed by atoms with Crippen molar-refractivity contribution < 1.29 is 0 Å². The van der Waals surface area contributed by atoms with E-state index in [1.807, 2.05) is 0 Å². The molecule has 1 aliphatic heterocycles. The molecule has 0 radical (unpaired) electrons. The van der Waals surface area contributed by atoms with Gasteiger partial charge in [0.15, 0.2) is 0 Å². The van der Waals surface area contributed by atoms with E-state index in [9.17, 15) is 0 Å². The lowest BCUT2D eigenvalue weighted by molar-refractivity contribution is 0.786. The number of hydrogen-bond donors (Lipinski definition) is 0. The zero-order valence-electron chi connectivity index (χ0n) is 10.6. The maximum Gasteiger partial charge on any atom is 0.149 e. The lowest BCUT2D eigenvalue weighted by atomic mass is 10.0. The molecule has 0 saturated heterocycles. The number of benzene rings is 1. The average molecular weight is 250 g/mol. The zero-order valence-corrected chi connectivity index (χ0v) is 10.6. The zero-order chi connectivity index (χ0) is 13.1. The maximum absolute atomic E-state index is 9.14. The highest BCUT2D eigenvalue weighted by Crippen LogP contribution is 2.21. The number of rotatable bonds is 1. The van der Waals surface area contributed by atoms with Gasteiger partial charge in [-0.25, -0.2) is 9.97 Å². The van der Waals surface area contributed by atoms with Gasteiger partial charge < -0.3 is 4.90 Å². The first kappa shape index (κ1) is 11.7. The molecule has 0 unspecified atom stereocenters. The molecule has 0 amide bonds. The van der Waals surface area contributed by atoms with E-state index in [4.69, 9.17) is 5.26 Å². The minimum absolute atomic E-state index is 0.549. The normalized spacial score (nSPS) is 14.4. The Balaban J connectivity index is 1.88. The molecule has 0 saturated carbocycles. The van der Waals surface area contributed by atoms with Crippen LogP contribution in [0.15, 0.2) is 36.8 Å². The van der Waals surface area contributed by atoms with Gasteiger partial charge in [-0.15, -0.1) is 0 Å². The standard InChI is InChI=1S/C15H14N4/c16-9-14-10-17-11-18-15(14)19-7-5-12-3-1-2-4-13(12)6-8-19/h1-4,10-11H,5-8H2. The third-order valence-corrected chi connectivity index (χ3v) is 3.53. The molecule has 19 heavy (non-hydrogen) atoms. The molecule has 1 aromatic heterocycles. The smallest absolute Gasteiger partial charge is 0.149 e. The number of nitrogens with zero attached hydrogens (tertiary/aromatic N) is 4. The average Bonchev–Trinajstić information content (AvgIpc) is 2.70. The van der Waals surface area contributed by atoms with Crippen molar-refractivity contribution in [3.05, 3.63) is 53.5 Å². The molecular weight excluding hydrogens is 236 g/mol. The number of nitriles is 1. The molecule has 0 spiro atoms. The summed E-state index contributed by atoms with van der Waals surface area (Å²) in [5.41, 5.74) is 3.35. The second-order valence-corrected chi connectivity index (χ2v) is 4.63. The van der Waals surface area contributed by atoms with Crippen LogP contribution in [0.2, 0.25) is 0 Å². The molecule has 0 bridgehead atoms. The van der Waals surface area contributed by atoms with Gasteiger partial charge in [0.1, 0.15) is 23.8 Å². The van der Waals surface area contributed by atoms with Crippen molar-refractivity contribution in [1.29, 1.82) is 5.26 Å². The van der Waals surface area contributed by atoms with Gasteiger partial charge in [0.05, 0.1) is 6.20 Å². The molecule has 0 atom stereocenters. The third-order valence-electron chi connectivity index (χ3n) is 3.53. The third kappa shape index (κ3) is 2.27. The Kier molecular flexibility index (Phi) is 3.11. The van der Waals surface area contributed by atoms with Crippen LogP contribution in [0.3, 0.4) is 0 Å². The molecular formula is C15H14N4. The SMILES string of the molecule is N#Cc1cncnc1N1CCc2ccccc2CC1. The molecule has 2 aromatic rings. The van der Waals surface area contributed by atoms with E-state index in [0.29, 0.717) is 5.56 Å². The van der Waals surface area contributed by atoms with Crippen molar-refractivity contribution in [2.75, 3.05) is 18.0 Å². The number of anilines is 1. The molecule has 4 nitrogen and oxygen atoms in total. The molecule has 1 aromatic carbocycles. The lowest BCUT2D eigenvalue weighted by Gasteiger charge is -2.21. The van der Waals surface area contributed by atoms with Crippen LogP contribution in [0.1, 0.15) is 16.7 Å². The van der Waals surface area contributed by atoms with Crippen LogP contribution < -0.4 is 4.90 Å². The summed E-state index contributed by atoms with van der Waals surface area (Å²) in [7, 11) is 0. The Labute approximate surface area is 112 Å². The molecule has 4 heteroatoms. The highest BCUT2D eigenvalue weighted by molar-refractivity contribution is 5.53. The van der Waals surface area contributed by atoms with Gasteiger partial charge in [-0.2, -0.15) is 5.26 Å². The first-order valence-corrected chi connectivity index (χ1v) is 6.40. The Morgan fingerprint density at radius 3 is 2.42 bits per heavy atom. The fraction of sp³-hybridized carbons (Fsp3) is 0.267. The molecule has 94 valence electrons. The number of aromatic nitrogens is 2. The van der Waals surface area contributed by atoms with Crippen molar-refractivity contribution in [2.45, 2.75) is 12.8 Å². The summed E-state index contributed by atoms with van der Waals surface area (Å²) in [6, 6.07) is 10.7. The second-order valence-electron chi connectivity index (χ2n) is 4.63. The van der Waals surface area contributed by atoms with Crippen molar-refractivity contribution in [3.63, 3.8) is 0 Å². The van der Waals surface area contributed by atoms with Crippen molar-refractivity contribution in [3.8, 4) is 6.07 Å². The summed E-state index contributed by atoms with van der Waals surface area (Å²) < 4.78 is 0. The largest absolute Gasteiger partial charge is 0.355 e. The Morgan fingerprint density at radius 2 is 1.79 bits per heavy atom. The highest BCUT2D eigenvalue weighted by atomic mass is 15.2. The predicted octanol–water partition coefficient (Wildman–Crippen LogP) is 1.95. The summed E-state index contributed by atoms with van der Waals surface area (Å²) >= 11 is 0. The summed E-state index contributed by atoms with van der Waals surface area (Å²) in [5.74, 6) is 0.755. The topological polar surface area (TPSA) is 52.8 Å². The minimum Gasteiger partial charge on any atom is -0.355 e. The van der Waals surface area contributed by atoms with Gasteiger partial charge in [-0.05, 0) is 24.0 Å². The van der Waals surface area contributed by atoms with E-state index in [2.05, 4.69) is 45.2 Å². The van der Waals surface area contributed by atoms with Crippen LogP contribution >= 0.6 is 0 Å². The first-order chi connectivity index (χ1) is 9.38. The van der Waals surface area contributed by atoms with Crippen LogP contribution in [0, 0.1) is 11.3 Å². The van der Waals surface area contributed by atoms with Crippen molar-refractivity contribution >= 4 is 5.82 Å². The van der Waals surface area contributed by atoms with E-state index in [1.54, 1.807) is 6.20 Å². The first-order valence-electron chi connectivity index (χ1n) is 6.40. The van der Waals surface area contributed by atoms with Gasteiger partial charge in [-0.3, -0.25) is 0 Å². The van der Waals surface area contributed by atoms with Crippen LogP contribution in [-0.2, 0) is 12.8 Å². The quantitative estimate of drug-likeness (QED) is 0.776. The van der Waals surface area contributed by atoms with E-state index in [0.717, 1.165) is 31.7 Å². The fourth-order valence-electron chi connectivity index (χ4n) is 2.53. The molecule has 2 heterocycles. The van der Waals surface area contributed by atoms with Gasteiger partial charge in [0, 0.05) is 13.1 Å². The maximum atomic E-state index is 9.14. The second kappa shape index (κ2) is 5.07. The van der Waals surface area contributed by atoms with Crippen LogP contribution in [-0.4, -0.2) is 23.1 Å². The Hall–Kier alpha value is -2.41. The fourth-order valence-corrected chi connectivity index (χ4v) is 2.53. The molecule has 0 aliphatic carbocycles. The predicted molar refractivity (Wildman–Crippen MR) is 72.8 cm³/mol. The van der Waals surface area contributed by atoms with E-state index >= 15 is 0 Å². The Morgan fingerprint density at radius 1 is 1.11 bits per heavy atom. The van der Waals surface area contributed by atoms with Gasteiger partial charge in [0.2, 0.25) is 0 Å². The van der Waals surface area contributed by atoms with Crippen molar-refractivity contribution in [2.24, 2.45) is 0 Å². The minimum atomic E-state index is 0.549. The van der Waals surface area contributed by atoms with Crippen LogP contribution in [0.25, 0.3) is 0 Å². The molecule has 1 aliphatic rings. The van der Waals surface area contributed by atoms with Gasteiger partial charge >= 0.3 is 0 Å². The van der Waals surface area contributed by atoms with Crippen LogP contribution in [0.4, 0.5) is 5.82 Å². The Bertz CT molecular complexity index is 603. The molecule has 0 N–H and O–H groups in total. The van der Waals surface area contributed by atoms with Crippen LogP contribution in [0.5, 0.6) is 0 Å². The summed E-state index contributed by atoms with van der Waals surface area (Å²) in [4.78, 5) is 10.4. The van der Waals surface area contributed by atoms with E-state index in [-0.39, 0.29) is 0 Å². The van der Waals surface area contributed by atoms with Gasteiger partial charge in [0.25, 0.3) is 0 Å². The molecule has 3 rings (SSSR count). The summed E-state index contributed by atoms with van der Waals surface area (Å²) in [6.45, 7) is 1.78. The number of fused-ring (bicyclic) bond motifs is 1. The number of hydrogen-bond acceptors (Lipinski definition) is 4. The van der Waals surface area contributed by atoms with E-state index in [1.165, 1.54) is 17.5 Å². The monoisotopic (exact) mass is 250 g/mol. The summed E-state index contributed by atoms with van der Waals surface area (Å²) in [5, 5.41) is 9.14. The molecule has 0 fully saturated rings. The van der Waals surface area contributed by atoms with E-state index < -0.39 is 0 Å². The summed E-state index contributed by atoms with van der Waals surface area (Å²) in [6.07, 6.45) is 5.07. The lowest BCUT2D eigenvalue weighted by Crippen LogP contribution is -2.27. The van der Waals surface area contributed by atoms with Crippen molar-refractivity contribution in [1.82, 2.24) is 9.97 Å².